The predicted octanol–water partition coefficient (Wildman–Crippen LogP) is 4.77. The van der Waals surface area contributed by atoms with Crippen LogP contribution in [0.2, 0.25) is 0 Å². The van der Waals surface area contributed by atoms with Crippen LogP contribution >= 0.6 is 0 Å². The number of fused-ring (bicyclic) bond motifs is 1. The first-order chi connectivity index (χ1) is 12.3. The van der Waals surface area contributed by atoms with Gasteiger partial charge in [-0.25, -0.2) is 0 Å². The lowest BCUT2D eigenvalue weighted by Crippen LogP contribution is -2.31. The largest absolute Gasteiger partial charge is 0.352 e. The smallest absolute Gasteiger partial charge is 0.166 e. The minimum absolute atomic E-state index is 0.292. The quantitative estimate of drug-likeness (QED) is 0.669. The zero-order valence-electron chi connectivity index (χ0n) is 16.0. The summed E-state index contributed by atoms with van der Waals surface area (Å²) in [5.74, 6) is 0. The lowest BCUT2D eigenvalue weighted by molar-refractivity contribution is 0.111. The van der Waals surface area contributed by atoms with Gasteiger partial charge in [0.2, 0.25) is 0 Å². The van der Waals surface area contributed by atoms with Crippen molar-refractivity contribution in [2.75, 3.05) is 7.05 Å². The third-order valence-corrected chi connectivity index (χ3v) is 4.09. The summed E-state index contributed by atoms with van der Waals surface area (Å²) in [6.07, 6.45) is 1.66. The number of hydrogen-bond donors (Lipinski definition) is 2. The zero-order chi connectivity index (χ0) is 19.3. The standard InChI is InChI=1S/C17H13NO2.C5H13N/c1-11-4-12(9-19)6-14(5-11)13-2-3-17-15(7-13)8-16(10-20)18-17;1-5(2,3)6-4/h2-10,18H,1H3;6H,1-4H3. The molecule has 136 valence electrons. The molecule has 0 aliphatic carbocycles. The summed E-state index contributed by atoms with van der Waals surface area (Å²) >= 11 is 0. The molecule has 3 aromatic rings. The molecule has 0 bridgehead atoms. The molecule has 0 atom stereocenters. The van der Waals surface area contributed by atoms with E-state index in [4.69, 9.17) is 0 Å². The maximum atomic E-state index is 11.0. The van der Waals surface area contributed by atoms with Crippen LogP contribution in [0.1, 0.15) is 47.2 Å². The molecule has 1 heterocycles. The Morgan fingerprint density at radius 3 is 2.19 bits per heavy atom. The number of rotatable bonds is 3. The van der Waals surface area contributed by atoms with Gasteiger partial charge in [0, 0.05) is 22.0 Å². The third kappa shape index (κ3) is 5.14. The molecule has 3 rings (SSSR count). The van der Waals surface area contributed by atoms with Crippen molar-refractivity contribution in [3.8, 4) is 11.1 Å². The Hall–Kier alpha value is -2.72. The van der Waals surface area contributed by atoms with Gasteiger partial charge in [0.25, 0.3) is 0 Å². The number of hydrogen-bond acceptors (Lipinski definition) is 3. The molecule has 0 aliphatic heterocycles. The number of carbonyl (C=O) groups excluding carboxylic acids is 2. The van der Waals surface area contributed by atoms with Crippen LogP contribution in [0.5, 0.6) is 0 Å². The minimum atomic E-state index is 0.292. The minimum Gasteiger partial charge on any atom is -0.352 e. The number of H-pyrrole nitrogens is 1. The highest BCUT2D eigenvalue weighted by molar-refractivity contribution is 5.91. The van der Waals surface area contributed by atoms with E-state index in [2.05, 4.69) is 31.1 Å². The van der Waals surface area contributed by atoms with E-state index < -0.39 is 0 Å². The second-order valence-corrected chi connectivity index (χ2v) is 7.39. The van der Waals surface area contributed by atoms with Gasteiger partial charge >= 0.3 is 0 Å². The summed E-state index contributed by atoms with van der Waals surface area (Å²) in [5.41, 5.74) is 5.53. The average molecular weight is 350 g/mol. The number of aldehydes is 2. The van der Waals surface area contributed by atoms with Crippen LogP contribution in [0.3, 0.4) is 0 Å². The molecule has 0 saturated heterocycles. The monoisotopic (exact) mass is 350 g/mol. The second-order valence-electron chi connectivity index (χ2n) is 7.39. The highest BCUT2D eigenvalue weighted by Crippen LogP contribution is 2.26. The maximum Gasteiger partial charge on any atom is 0.166 e. The summed E-state index contributed by atoms with van der Waals surface area (Å²) < 4.78 is 0. The summed E-state index contributed by atoms with van der Waals surface area (Å²) in [5, 5.41) is 4.09. The molecule has 0 unspecified atom stereocenters. The predicted molar refractivity (Wildman–Crippen MR) is 108 cm³/mol. The van der Waals surface area contributed by atoms with Gasteiger partial charge in [-0.3, -0.25) is 9.59 Å². The molecule has 4 nitrogen and oxygen atoms in total. The second kappa shape index (κ2) is 8.11. The van der Waals surface area contributed by atoms with E-state index in [1.165, 1.54) is 0 Å². The molecule has 0 amide bonds. The topological polar surface area (TPSA) is 62.0 Å². The van der Waals surface area contributed by atoms with Gasteiger partial charge in [-0.15, -0.1) is 0 Å². The Morgan fingerprint density at radius 2 is 1.62 bits per heavy atom. The zero-order valence-corrected chi connectivity index (χ0v) is 16.0. The number of aromatic nitrogens is 1. The Kier molecular flexibility index (Phi) is 6.11. The molecule has 0 fully saturated rings. The van der Waals surface area contributed by atoms with Gasteiger partial charge in [-0.05, 0) is 81.8 Å². The van der Waals surface area contributed by atoms with E-state index in [1.54, 1.807) is 0 Å². The fourth-order valence-corrected chi connectivity index (χ4v) is 2.45. The van der Waals surface area contributed by atoms with Crippen LogP contribution in [0, 0.1) is 6.92 Å². The number of aryl methyl sites for hydroxylation is 1. The van der Waals surface area contributed by atoms with Crippen molar-refractivity contribution in [2.45, 2.75) is 33.2 Å². The van der Waals surface area contributed by atoms with Gasteiger partial charge in [0.15, 0.2) is 6.29 Å². The van der Waals surface area contributed by atoms with Crippen molar-refractivity contribution >= 4 is 23.5 Å². The SMILES string of the molecule is CNC(C)(C)C.Cc1cc(C=O)cc(-c2ccc3[nH]c(C=O)cc3c2)c1. The van der Waals surface area contributed by atoms with E-state index in [1.807, 2.05) is 56.4 Å². The van der Waals surface area contributed by atoms with E-state index >= 15 is 0 Å². The first-order valence-electron chi connectivity index (χ1n) is 8.60. The van der Waals surface area contributed by atoms with Gasteiger partial charge in [-0.2, -0.15) is 0 Å². The van der Waals surface area contributed by atoms with Crippen LogP contribution in [0.15, 0.2) is 42.5 Å². The molecule has 0 spiro atoms. The number of benzene rings is 2. The van der Waals surface area contributed by atoms with Crippen LogP contribution in [-0.4, -0.2) is 30.1 Å². The normalized spacial score (nSPS) is 11.0. The van der Waals surface area contributed by atoms with Crippen LogP contribution in [0.25, 0.3) is 22.0 Å². The van der Waals surface area contributed by atoms with Crippen molar-refractivity contribution in [3.05, 3.63) is 59.3 Å². The van der Waals surface area contributed by atoms with Crippen molar-refractivity contribution < 1.29 is 9.59 Å². The van der Waals surface area contributed by atoms with Crippen molar-refractivity contribution in [1.82, 2.24) is 10.3 Å². The Morgan fingerprint density at radius 1 is 0.923 bits per heavy atom. The van der Waals surface area contributed by atoms with Crippen molar-refractivity contribution in [2.24, 2.45) is 0 Å². The summed E-state index contributed by atoms with van der Waals surface area (Å²) in [7, 11) is 1.96. The fraction of sp³-hybridized carbons (Fsp3) is 0.273. The average Bonchev–Trinajstić information content (AvgIpc) is 3.03. The van der Waals surface area contributed by atoms with E-state index in [0.29, 0.717) is 16.8 Å². The Bertz CT molecular complexity index is 918. The first-order valence-corrected chi connectivity index (χ1v) is 8.60. The number of carbonyl (C=O) groups is 2. The molecule has 1 aromatic heterocycles. The summed E-state index contributed by atoms with van der Waals surface area (Å²) in [4.78, 5) is 24.8. The van der Waals surface area contributed by atoms with E-state index in [0.717, 1.165) is 40.2 Å². The Balaban J connectivity index is 0.000000352. The van der Waals surface area contributed by atoms with Gasteiger partial charge < -0.3 is 10.3 Å². The molecule has 2 N–H and O–H groups in total. The van der Waals surface area contributed by atoms with E-state index in [9.17, 15) is 9.59 Å². The first kappa shape index (κ1) is 19.6. The number of nitrogens with one attached hydrogen (secondary N) is 2. The van der Waals surface area contributed by atoms with Crippen LogP contribution in [0.4, 0.5) is 0 Å². The van der Waals surface area contributed by atoms with Crippen molar-refractivity contribution in [1.29, 1.82) is 0 Å². The van der Waals surface area contributed by atoms with Gasteiger partial charge in [-0.1, -0.05) is 12.1 Å². The highest BCUT2D eigenvalue weighted by atomic mass is 16.1. The van der Waals surface area contributed by atoms with E-state index in [-0.39, 0.29) is 0 Å². The molecule has 26 heavy (non-hydrogen) atoms. The molecule has 0 aliphatic rings. The van der Waals surface area contributed by atoms with Crippen molar-refractivity contribution in [3.63, 3.8) is 0 Å². The Labute approximate surface area is 154 Å². The lowest BCUT2D eigenvalue weighted by atomic mass is 10.00. The maximum absolute atomic E-state index is 11.0. The molecule has 2 aromatic carbocycles. The van der Waals surface area contributed by atoms with Crippen LogP contribution < -0.4 is 5.32 Å². The molecular formula is C22H26N2O2. The molecule has 4 heteroatoms. The highest BCUT2D eigenvalue weighted by Gasteiger charge is 2.05. The lowest BCUT2D eigenvalue weighted by Gasteiger charge is -2.15. The van der Waals surface area contributed by atoms with Gasteiger partial charge in [0.1, 0.15) is 6.29 Å². The summed E-state index contributed by atoms with van der Waals surface area (Å²) in [6, 6.07) is 13.5. The summed E-state index contributed by atoms with van der Waals surface area (Å²) in [6.45, 7) is 8.36. The van der Waals surface area contributed by atoms with Gasteiger partial charge in [0.05, 0.1) is 5.69 Å². The third-order valence-electron chi connectivity index (χ3n) is 4.09. The molecule has 0 radical (unpaired) electrons. The molecular weight excluding hydrogens is 324 g/mol. The van der Waals surface area contributed by atoms with Crippen LogP contribution in [-0.2, 0) is 0 Å². The fourth-order valence-electron chi connectivity index (χ4n) is 2.45. The molecule has 0 saturated carbocycles. The number of aromatic amines is 1.